The molecule has 6 heteroatoms. The summed E-state index contributed by atoms with van der Waals surface area (Å²) in [4.78, 5) is 39.1. The van der Waals surface area contributed by atoms with E-state index in [9.17, 15) is 14.4 Å². The van der Waals surface area contributed by atoms with Crippen LogP contribution in [0, 0.1) is 19.8 Å². The molecule has 2 aromatic rings. The van der Waals surface area contributed by atoms with Crippen molar-refractivity contribution >= 4 is 22.9 Å². The summed E-state index contributed by atoms with van der Waals surface area (Å²) in [7, 11) is 0. The summed E-state index contributed by atoms with van der Waals surface area (Å²) in [5.74, 6) is 0.454. The molecule has 3 amide bonds. The molecular weight excluding hydrogens is 356 g/mol. The van der Waals surface area contributed by atoms with Crippen molar-refractivity contribution in [2.45, 2.75) is 65.0 Å². The standard InChI is InChI=1S/C22H26N2O4/c1-4-15-5-7-22(8-6-15)20(26)24(21(27)23-22)12-16-11-19(25)28-18-10-14(3)13(2)9-17(16)18/h9-11,15H,4-8,12H2,1-3H3,(H,23,27). The fraction of sp³-hybridized carbons (Fsp3) is 0.500. The summed E-state index contributed by atoms with van der Waals surface area (Å²) in [5.41, 5.74) is 1.96. The van der Waals surface area contributed by atoms with Crippen LogP contribution in [0.2, 0.25) is 0 Å². The van der Waals surface area contributed by atoms with Gasteiger partial charge in [-0.05, 0) is 74.3 Å². The topological polar surface area (TPSA) is 79.6 Å². The highest BCUT2D eigenvalue weighted by Gasteiger charge is 2.52. The molecule has 1 aromatic heterocycles. The van der Waals surface area contributed by atoms with Crippen molar-refractivity contribution < 1.29 is 14.0 Å². The van der Waals surface area contributed by atoms with E-state index in [0.29, 0.717) is 29.9 Å². The maximum Gasteiger partial charge on any atom is 0.336 e. The number of carbonyl (C=O) groups is 2. The van der Waals surface area contributed by atoms with E-state index in [1.54, 1.807) is 0 Å². The number of nitrogens with one attached hydrogen (secondary N) is 1. The predicted molar refractivity (Wildman–Crippen MR) is 106 cm³/mol. The number of hydrogen-bond donors (Lipinski definition) is 1. The van der Waals surface area contributed by atoms with E-state index in [0.717, 1.165) is 35.8 Å². The average Bonchev–Trinajstić information content (AvgIpc) is 2.88. The van der Waals surface area contributed by atoms with Gasteiger partial charge in [0.15, 0.2) is 0 Å². The van der Waals surface area contributed by atoms with Crippen LogP contribution in [0.15, 0.2) is 27.4 Å². The first-order valence-electron chi connectivity index (χ1n) is 10.0. The lowest BCUT2D eigenvalue weighted by Gasteiger charge is -2.34. The van der Waals surface area contributed by atoms with Gasteiger partial charge in [0, 0.05) is 11.5 Å². The van der Waals surface area contributed by atoms with Crippen LogP contribution in [0.25, 0.3) is 11.0 Å². The Kier molecular flexibility index (Phi) is 4.52. The second-order valence-corrected chi connectivity index (χ2v) is 8.28. The molecule has 1 N–H and O–H groups in total. The molecule has 2 fully saturated rings. The highest BCUT2D eigenvalue weighted by molar-refractivity contribution is 6.07. The number of urea groups is 1. The summed E-state index contributed by atoms with van der Waals surface area (Å²) in [6.07, 6.45) is 4.37. The quantitative estimate of drug-likeness (QED) is 0.647. The van der Waals surface area contributed by atoms with Crippen molar-refractivity contribution in [3.8, 4) is 0 Å². The van der Waals surface area contributed by atoms with Gasteiger partial charge in [0.2, 0.25) is 0 Å². The third-order valence-corrected chi connectivity index (χ3v) is 6.55. The van der Waals surface area contributed by atoms with Gasteiger partial charge in [-0.15, -0.1) is 0 Å². The highest BCUT2D eigenvalue weighted by Crippen LogP contribution is 2.38. The Balaban J connectivity index is 1.66. The lowest BCUT2D eigenvalue weighted by atomic mass is 9.75. The van der Waals surface area contributed by atoms with Crippen LogP contribution in [-0.4, -0.2) is 22.4 Å². The van der Waals surface area contributed by atoms with E-state index in [1.165, 1.54) is 11.0 Å². The molecule has 1 saturated heterocycles. The van der Waals surface area contributed by atoms with Crippen LogP contribution in [0.1, 0.15) is 55.7 Å². The Morgan fingerprint density at radius 2 is 1.79 bits per heavy atom. The Morgan fingerprint density at radius 1 is 1.11 bits per heavy atom. The van der Waals surface area contributed by atoms with E-state index >= 15 is 0 Å². The first kappa shape index (κ1) is 18.7. The molecule has 0 bridgehead atoms. The van der Waals surface area contributed by atoms with Crippen LogP contribution in [0.3, 0.4) is 0 Å². The van der Waals surface area contributed by atoms with Gasteiger partial charge >= 0.3 is 11.7 Å². The fourth-order valence-corrected chi connectivity index (χ4v) is 4.52. The van der Waals surface area contributed by atoms with Crippen LogP contribution < -0.4 is 10.9 Å². The molecule has 2 heterocycles. The molecule has 2 aliphatic rings. The molecule has 1 aromatic carbocycles. The van der Waals surface area contributed by atoms with Crippen LogP contribution in [0.4, 0.5) is 4.79 Å². The predicted octanol–water partition coefficient (Wildman–Crippen LogP) is 3.80. The Morgan fingerprint density at radius 3 is 2.46 bits per heavy atom. The molecule has 28 heavy (non-hydrogen) atoms. The van der Waals surface area contributed by atoms with Gasteiger partial charge in [0.25, 0.3) is 5.91 Å². The largest absolute Gasteiger partial charge is 0.423 e. The smallest absolute Gasteiger partial charge is 0.336 e. The molecule has 0 radical (unpaired) electrons. The van der Waals surface area contributed by atoms with E-state index in [1.807, 2.05) is 26.0 Å². The summed E-state index contributed by atoms with van der Waals surface area (Å²) in [5, 5.41) is 3.72. The SMILES string of the molecule is CCC1CCC2(CC1)NC(=O)N(Cc1cc(=O)oc3cc(C)c(C)cc13)C2=O. The van der Waals surface area contributed by atoms with Crippen LogP contribution in [-0.2, 0) is 11.3 Å². The summed E-state index contributed by atoms with van der Waals surface area (Å²) in [6, 6.07) is 4.79. The molecule has 1 aliphatic heterocycles. The molecule has 0 atom stereocenters. The Hall–Kier alpha value is -2.63. The molecule has 1 saturated carbocycles. The van der Waals surface area contributed by atoms with E-state index in [2.05, 4.69) is 12.2 Å². The molecule has 1 spiro atoms. The van der Waals surface area contributed by atoms with Gasteiger partial charge in [-0.2, -0.15) is 0 Å². The number of carbonyl (C=O) groups excluding carboxylic acids is 2. The average molecular weight is 382 g/mol. The van der Waals surface area contributed by atoms with Gasteiger partial charge < -0.3 is 9.73 Å². The number of hydrogen-bond acceptors (Lipinski definition) is 4. The van der Waals surface area contributed by atoms with Crippen molar-refractivity contribution in [1.29, 1.82) is 0 Å². The minimum atomic E-state index is -0.773. The van der Waals surface area contributed by atoms with Crippen molar-refractivity contribution in [3.63, 3.8) is 0 Å². The zero-order valence-corrected chi connectivity index (χ0v) is 16.6. The van der Waals surface area contributed by atoms with Crippen molar-refractivity contribution in [1.82, 2.24) is 10.2 Å². The summed E-state index contributed by atoms with van der Waals surface area (Å²) >= 11 is 0. The first-order chi connectivity index (χ1) is 13.3. The number of imide groups is 1. The third-order valence-electron chi connectivity index (χ3n) is 6.55. The van der Waals surface area contributed by atoms with Crippen molar-refractivity contribution in [3.05, 3.63) is 45.3 Å². The number of rotatable bonds is 3. The van der Waals surface area contributed by atoms with Gasteiger partial charge in [-0.1, -0.05) is 13.3 Å². The van der Waals surface area contributed by atoms with Gasteiger partial charge in [0.05, 0.1) is 6.54 Å². The zero-order chi connectivity index (χ0) is 20.1. The number of aryl methyl sites for hydroxylation is 2. The molecule has 1 aliphatic carbocycles. The second kappa shape index (κ2) is 6.76. The Bertz CT molecular complexity index is 1020. The summed E-state index contributed by atoms with van der Waals surface area (Å²) in [6.45, 7) is 6.18. The zero-order valence-electron chi connectivity index (χ0n) is 16.6. The number of nitrogens with zero attached hydrogens (tertiary/aromatic N) is 1. The van der Waals surface area contributed by atoms with E-state index in [-0.39, 0.29) is 18.5 Å². The lowest BCUT2D eigenvalue weighted by Crippen LogP contribution is -2.49. The normalized spacial score (nSPS) is 25.0. The number of fused-ring (bicyclic) bond motifs is 1. The fourth-order valence-electron chi connectivity index (χ4n) is 4.52. The Labute approximate surface area is 163 Å². The monoisotopic (exact) mass is 382 g/mol. The molecule has 0 unspecified atom stereocenters. The third kappa shape index (κ3) is 3.01. The number of benzene rings is 1. The minimum absolute atomic E-state index is 0.0776. The molecular formula is C22H26N2O4. The van der Waals surface area contributed by atoms with Crippen molar-refractivity contribution in [2.24, 2.45) is 5.92 Å². The molecule has 4 rings (SSSR count). The highest BCUT2D eigenvalue weighted by atomic mass is 16.4. The first-order valence-corrected chi connectivity index (χ1v) is 10.0. The van der Waals surface area contributed by atoms with Crippen LogP contribution >= 0.6 is 0 Å². The van der Waals surface area contributed by atoms with E-state index < -0.39 is 11.2 Å². The minimum Gasteiger partial charge on any atom is -0.423 e. The molecule has 148 valence electrons. The molecule has 6 nitrogen and oxygen atoms in total. The van der Waals surface area contributed by atoms with Gasteiger partial charge in [0.1, 0.15) is 11.1 Å². The maximum atomic E-state index is 13.2. The van der Waals surface area contributed by atoms with Crippen molar-refractivity contribution in [2.75, 3.05) is 0 Å². The van der Waals surface area contributed by atoms with Gasteiger partial charge in [-0.3, -0.25) is 9.69 Å². The maximum absolute atomic E-state index is 13.2. The van der Waals surface area contributed by atoms with Gasteiger partial charge in [-0.25, -0.2) is 9.59 Å². The lowest BCUT2D eigenvalue weighted by molar-refractivity contribution is -0.133. The number of amides is 3. The second-order valence-electron chi connectivity index (χ2n) is 8.28. The van der Waals surface area contributed by atoms with Crippen LogP contribution in [0.5, 0.6) is 0 Å². The summed E-state index contributed by atoms with van der Waals surface area (Å²) < 4.78 is 5.33. The van der Waals surface area contributed by atoms with E-state index in [4.69, 9.17) is 4.42 Å².